The third-order valence-electron chi connectivity index (χ3n) is 4.12. The second-order valence-corrected chi connectivity index (χ2v) is 6.84. The molecule has 0 radical (unpaired) electrons. The van der Waals surface area contributed by atoms with Crippen LogP contribution in [0, 0.1) is 5.82 Å². The van der Waals surface area contributed by atoms with E-state index >= 15 is 0 Å². The monoisotopic (exact) mass is 405 g/mol. The normalized spacial score (nSPS) is 16.5. The minimum atomic E-state index is -0.479. The van der Waals surface area contributed by atoms with Gasteiger partial charge in [0, 0.05) is 11.4 Å². The van der Waals surface area contributed by atoms with Gasteiger partial charge in [0.2, 0.25) is 0 Å². The van der Waals surface area contributed by atoms with Gasteiger partial charge in [0.15, 0.2) is 5.16 Å². The molecule has 0 aliphatic carbocycles. The highest BCUT2D eigenvalue weighted by atomic mass is 32.2. The van der Waals surface area contributed by atoms with Crippen LogP contribution < -0.4 is 10.6 Å². The van der Waals surface area contributed by atoms with E-state index in [4.69, 9.17) is 4.74 Å². The van der Waals surface area contributed by atoms with Gasteiger partial charge in [0.1, 0.15) is 12.1 Å². The number of amides is 2. The minimum Gasteiger partial charge on any atom is -0.463 e. The molecule has 0 spiro atoms. The van der Waals surface area contributed by atoms with Crippen LogP contribution in [0.2, 0.25) is 0 Å². The van der Waals surface area contributed by atoms with Crippen LogP contribution in [0.25, 0.3) is 5.69 Å². The first-order valence-electron chi connectivity index (χ1n) is 8.80. The number of halogens is 1. The molecule has 10 heteroatoms. The summed E-state index contributed by atoms with van der Waals surface area (Å²) in [5.74, 6) is -0.643. The zero-order chi connectivity index (χ0) is 20.1. The van der Waals surface area contributed by atoms with Crippen LogP contribution >= 0.6 is 11.8 Å². The number of ether oxygens (including phenoxy) is 1. The molecule has 2 aromatic rings. The maximum atomic E-state index is 14.1. The highest BCUT2D eigenvalue weighted by Crippen LogP contribution is 2.26. The number of carbonyl (C=O) groups excluding carboxylic acids is 2. The molecular formula is C18H20FN5O3S. The lowest BCUT2D eigenvalue weighted by molar-refractivity contribution is -0.139. The van der Waals surface area contributed by atoms with Gasteiger partial charge in [-0.2, -0.15) is 0 Å². The standard InChI is InChI=1S/C18H20FN5O3S/c1-3-12-15(16(25)27-4-2)13(22-17(26)21-12)9-28-18-23-20-10-24(18)14-8-6-5-7-11(14)19/h5-8,10,12H,3-4,9H2,1-2H3,(H2,21,22,26). The van der Waals surface area contributed by atoms with Crippen molar-refractivity contribution in [1.82, 2.24) is 25.4 Å². The van der Waals surface area contributed by atoms with E-state index < -0.39 is 17.8 Å². The summed E-state index contributed by atoms with van der Waals surface area (Å²) < 4.78 is 20.8. The van der Waals surface area contributed by atoms with E-state index in [1.165, 1.54) is 28.7 Å². The van der Waals surface area contributed by atoms with E-state index in [1.807, 2.05) is 6.92 Å². The van der Waals surface area contributed by atoms with Gasteiger partial charge in [0.25, 0.3) is 0 Å². The van der Waals surface area contributed by atoms with Gasteiger partial charge in [-0.05, 0) is 25.5 Å². The van der Waals surface area contributed by atoms with Crippen molar-refractivity contribution in [3.05, 3.63) is 47.7 Å². The lowest BCUT2D eigenvalue weighted by Crippen LogP contribution is -2.50. The van der Waals surface area contributed by atoms with Crippen LogP contribution in [0.3, 0.4) is 0 Å². The van der Waals surface area contributed by atoms with Gasteiger partial charge in [-0.15, -0.1) is 10.2 Å². The van der Waals surface area contributed by atoms with Crippen molar-refractivity contribution in [1.29, 1.82) is 0 Å². The van der Waals surface area contributed by atoms with Crippen LogP contribution in [-0.4, -0.2) is 45.2 Å². The Morgan fingerprint density at radius 1 is 1.36 bits per heavy atom. The van der Waals surface area contributed by atoms with Gasteiger partial charge in [-0.3, -0.25) is 4.57 Å². The number of nitrogens with zero attached hydrogens (tertiary/aromatic N) is 3. The fourth-order valence-corrected chi connectivity index (χ4v) is 3.74. The summed E-state index contributed by atoms with van der Waals surface area (Å²) in [6, 6.07) is 5.46. The van der Waals surface area contributed by atoms with Gasteiger partial charge < -0.3 is 15.4 Å². The third kappa shape index (κ3) is 4.16. The van der Waals surface area contributed by atoms with Crippen molar-refractivity contribution in [2.45, 2.75) is 31.5 Å². The van der Waals surface area contributed by atoms with Gasteiger partial charge in [-0.25, -0.2) is 14.0 Å². The molecule has 3 rings (SSSR count). The zero-order valence-electron chi connectivity index (χ0n) is 15.4. The number of aromatic nitrogens is 3. The number of urea groups is 1. The average Bonchev–Trinajstić information content (AvgIpc) is 3.14. The maximum Gasteiger partial charge on any atom is 0.337 e. The van der Waals surface area contributed by atoms with Gasteiger partial charge in [0.05, 0.1) is 23.9 Å². The molecule has 1 aliphatic rings. The lowest BCUT2D eigenvalue weighted by Gasteiger charge is -2.28. The molecule has 1 aliphatic heterocycles. The number of thioether (sulfide) groups is 1. The third-order valence-corrected chi connectivity index (χ3v) is 5.09. The van der Waals surface area contributed by atoms with Crippen LogP contribution in [0.4, 0.5) is 9.18 Å². The Hall–Kier alpha value is -2.88. The fraction of sp³-hybridized carbons (Fsp3) is 0.333. The molecule has 0 fully saturated rings. The Morgan fingerprint density at radius 3 is 2.86 bits per heavy atom. The Bertz CT molecular complexity index is 914. The molecule has 0 saturated heterocycles. The van der Waals surface area contributed by atoms with Crippen molar-refractivity contribution in [3.63, 3.8) is 0 Å². The highest BCUT2D eigenvalue weighted by molar-refractivity contribution is 7.99. The zero-order valence-corrected chi connectivity index (χ0v) is 16.3. The van der Waals surface area contributed by atoms with Crippen molar-refractivity contribution >= 4 is 23.8 Å². The number of benzene rings is 1. The molecule has 28 heavy (non-hydrogen) atoms. The Morgan fingerprint density at radius 2 is 2.14 bits per heavy atom. The maximum absolute atomic E-state index is 14.1. The van der Waals surface area contributed by atoms with Gasteiger partial charge >= 0.3 is 12.0 Å². The first-order chi connectivity index (χ1) is 13.5. The van der Waals surface area contributed by atoms with Crippen molar-refractivity contribution in [3.8, 4) is 5.69 Å². The predicted octanol–water partition coefficient (Wildman–Crippen LogP) is 2.41. The topological polar surface area (TPSA) is 98.1 Å². The number of nitrogens with one attached hydrogen (secondary N) is 2. The number of para-hydroxylation sites is 1. The fourth-order valence-electron chi connectivity index (χ4n) is 2.85. The second-order valence-electron chi connectivity index (χ2n) is 5.90. The number of hydrogen-bond donors (Lipinski definition) is 2. The van der Waals surface area contributed by atoms with Crippen molar-refractivity contribution in [2.75, 3.05) is 12.4 Å². The van der Waals surface area contributed by atoms with Crippen LogP contribution in [0.5, 0.6) is 0 Å². The van der Waals surface area contributed by atoms with Crippen molar-refractivity contribution < 1.29 is 18.7 Å². The Labute approximate surface area is 165 Å². The summed E-state index contributed by atoms with van der Waals surface area (Å²) in [7, 11) is 0. The summed E-state index contributed by atoms with van der Waals surface area (Å²) >= 11 is 1.23. The quantitative estimate of drug-likeness (QED) is 0.542. The molecule has 8 nitrogen and oxygen atoms in total. The molecule has 148 valence electrons. The predicted molar refractivity (Wildman–Crippen MR) is 101 cm³/mol. The molecule has 1 aromatic heterocycles. The first-order valence-corrected chi connectivity index (χ1v) is 9.79. The first kappa shape index (κ1) is 19.9. The summed E-state index contributed by atoms with van der Waals surface area (Å²) in [5.41, 5.74) is 1.14. The number of hydrogen-bond acceptors (Lipinski definition) is 6. The highest BCUT2D eigenvalue weighted by Gasteiger charge is 2.31. The van der Waals surface area contributed by atoms with E-state index in [-0.39, 0.29) is 18.4 Å². The SMILES string of the molecule is CCOC(=O)C1=C(CSc2nncn2-c2ccccc2F)NC(=O)NC1CC. The van der Waals surface area contributed by atoms with E-state index in [9.17, 15) is 14.0 Å². The molecule has 1 aromatic carbocycles. The molecule has 0 bridgehead atoms. The van der Waals surface area contributed by atoms with E-state index in [1.54, 1.807) is 25.1 Å². The summed E-state index contributed by atoms with van der Waals surface area (Å²) in [5, 5.41) is 13.7. The molecular weight excluding hydrogens is 385 g/mol. The minimum absolute atomic E-state index is 0.231. The van der Waals surface area contributed by atoms with E-state index in [0.717, 1.165) is 0 Å². The summed E-state index contributed by atoms with van der Waals surface area (Å²) in [6.45, 7) is 3.82. The van der Waals surface area contributed by atoms with E-state index in [0.29, 0.717) is 28.5 Å². The van der Waals surface area contributed by atoms with Crippen LogP contribution in [0.1, 0.15) is 20.3 Å². The lowest BCUT2D eigenvalue weighted by atomic mass is 10.0. The van der Waals surface area contributed by atoms with Crippen molar-refractivity contribution in [2.24, 2.45) is 0 Å². The largest absolute Gasteiger partial charge is 0.463 e. The number of rotatable bonds is 7. The smallest absolute Gasteiger partial charge is 0.337 e. The second kappa shape index (κ2) is 8.87. The molecule has 1 atom stereocenters. The number of esters is 1. The molecule has 2 amide bonds. The number of carbonyl (C=O) groups is 2. The van der Waals surface area contributed by atoms with E-state index in [2.05, 4.69) is 20.8 Å². The molecule has 2 heterocycles. The molecule has 1 unspecified atom stereocenters. The molecule has 2 N–H and O–H groups in total. The Balaban J connectivity index is 1.88. The van der Waals surface area contributed by atoms with Crippen LogP contribution in [-0.2, 0) is 9.53 Å². The Kier molecular flexibility index (Phi) is 6.30. The average molecular weight is 405 g/mol. The summed E-state index contributed by atoms with van der Waals surface area (Å²) in [4.78, 5) is 24.4. The van der Waals surface area contributed by atoms with Crippen LogP contribution in [0.15, 0.2) is 47.0 Å². The molecule has 0 saturated carbocycles. The summed E-state index contributed by atoms with van der Waals surface area (Å²) in [6.07, 6.45) is 1.96. The van der Waals surface area contributed by atoms with Gasteiger partial charge in [-0.1, -0.05) is 30.8 Å².